The molecule has 1 unspecified atom stereocenters. The zero-order valence-electron chi connectivity index (χ0n) is 11.7. The molecule has 1 saturated heterocycles. The van der Waals surface area contributed by atoms with Crippen LogP contribution >= 0.6 is 0 Å². The molecular formula is C16H20N2O2. The van der Waals surface area contributed by atoms with Crippen LogP contribution in [0.2, 0.25) is 0 Å². The molecule has 0 aliphatic carbocycles. The molecule has 2 aromatic rings. The third-order valence-corrected chi connectivity index (χ3v) is 4.04. The van der Waals surface area contributed by atoms with Gasteiger partial charge >= 0.3 is 0 Å². The Bertz CT molecular complexity index is 632. The summed E-state index contributed by atoms with van der Waals surface area (Å²) < 4.78 is 2.01. The van der Waals surface area contributed by atoms with E-state index in [-0.39, 0.29) is 12.0 Å². The predicted octanol–water partition coefficient (Wildman–Crippen LogP) is 1.93. The molecule has 0 radical (unpaired) electrons. The first kappa shape index (κ1) is 13.2. The molecule has 0 bridgehead atoms. The Hall–Kier alpha value is -1.81. The third-order valence-electron chi connectivity index (χ3n) is 4.04. The Kier molecular flexibility index (Phi) is 3.49. The van der Waals surface area contributed by atoms with E-state index in [1.54, 1.807) is 4.90 Å². The summed E-state index contributed by atoms with van der Waals surface area (Å²) in [4.78, 5) is 14.1. The number of piperidine rings is 1. The summed E-state index contributed by atoms with van der Waals surface area (Å²) >= 11 is 0. The minimum absolute atomic E-state index is 0.0875. The lowest BCUT2D eigenvalue weighted by atomic mass is 10.1. The van der Waals surface area contributed by atoms with Crippen LogP contribution in [0.1, 0.15) is 18.4 Å². The second-order valence-electron chi connectivity index (χ2n) is 5.59. The molecular weight excluding hydrogens is 252 g/mol. The van der Waals surface area contributed by atoms with E-state index in [9.17, 15) is 9.90 Å². The van der Waals surface area contributed by atoms with Crippen molar-refractivity contribution in [3.63, 3.8) is 0 Å². The SMILES string of the molecule is Cc1cn(CC(=O)N2CCCC(O)C2)c2ccccc12. The Labute approximate surface area is 118 Å². The molecule has 1 fully saturated rings. The number of rotatable bonds is 2. The number of nitrogens with zero attached hydrogens (tertiary/aromatic N) is 2. The van der Waals surface area contributed by atoms with E-state index in [0.29, 0.717) is 13.1 Å². The van der Waals surface area contributed by atoms with Crippen LogP contribution in [-0.2, 0) is 11.3 Å². The number of hydrogen-bond acceptors (Lipinski definition) is 2. The van der Waals surface area contributed by atoms with E-state index < -0.39 is 0 Å². The van der Waals surface area contributed by atoms with E-state index in [1.807, 2.05) is 29.0 Å². The van der Waals surface area contributed by atoms with Gasteiger partial charge in [0.25, 0.3) is 0 Å². The van der Waals surface area contributed by atoms with Gasteiger partial charge in [0.05, 0.1) is 6.10 Å². The molecule has 1 amide bonds. The first-order valence-corrected chi connectivity index (χ1v) is 7.15. The molecule has 1 aromatic carbocycles. The summed E-state index contributed by atoms with van der Waals surface area (Å²) in [5.74, 6) is 0.0875. The van der Waals surface area contributed by atoms with Crippen LogP contribution < -0.4 is 0 Å². The van der Waals surface area contributed by atoms with Gasteiger partial charge in [-0.1, -0.05) is 18.2 Å². The zero-order valence-corrected chi connectivity index (χ0v) is 11.7. The molecule has 106 valence electrons. The van der Waals surface area contributed by atoms with Crippen LogP contribution in [0, 0.1) is 6.92 Å². The van der Waals surface area contributed by atoms with Gasteiger partial charge in [0.2, 0.25) is 5.91 Å². The van der Waals surface area contributed by atoms with Crippen molar-refractivity contribution in [1.29, 1.82) is 0 Å². The summed E-state index contributed by atoms with van der Waals surface area (Å²) in [7, 11) is 0. The molecule has 0 spiro atoms. The van der Waals surface area contributed by atoms with E-state index >= 15 is 0 Å². The number of hydrogen-bond donors (Lipinski definition) is 1. The number of aliphatic hydroxyl groups is 1. The number of carbonyl (C=O) groups is 1. The quantitative estimate of drug-likeness (QED) is 0.908. The summed E-state index contributed by atoms with van der Waals surface area (Å²) in [6, 6.07) is 8.13. The molecule has 1 N–H and O–H groups in total. The second kappa shape index (κ2) is 5.29. The lowest BCUT2D eigenvalue weighted by molar-refractivity contribution is -0.134. The van der Waals surface area contributed by atoms with E-state index in [1.165, 1.54) is 10.9 Å². The predicted molar refractivity (Wildman–Crippen MR) is 78.5 cm³/mol. The Morgan fingerprint density at radius 1 is 1.40 bits per heavy atom. The Balaban J connectivity index is 1.81. The maximum absolute atomic E-state index is 12.4. The highest BCUT2D eigenvalue weighted by Crippen LogP contribution is 2.20. The van der Waals surface area contributed by atoms with Gasteiger partial charge in [-0.3, -0.25) is 4.79 Å². The molecule has 4 nitrogen and oxygen atoms in total. The van der Waals surface area contributed by atoms with Crippen molar-refractivity contribution in [1.82, 2.24) is 9.47 Å². The maximum atomic E-state index is 12.4. The van der Waals surface area contributed by atoms with Crippen molar-refractivity contribution in [3.8, 4) is 0 Å². The van der Waals surface area contributed by atoms with Crippen LogP contribution in [0.15, 0.2) is 30.5 Å². The van der Waals surface area contributed by atoms with Gasteiger partial charge < -0.3 is 14.6 Å². The summed E-state index contributed by atoms with van der Waals surface area (Å²) in [5, 5.41) is 10.9. The molecule has 3 rings (SSSR count). The van der Waals surface area contributed by atoms with Gasteiger partial charge in [-0.15, -0.1) is 0 Å². The smallest absolute Gasteiger partial charge is 0.242 e. The average Bonchev–Trinajstić information content (AvgIpc) is 2.76. The standard InChI is InChI=1S/C16H20N2O2/c1-12-9-18(15-7-3-2-6-14(12)15)11-16(20)17-8-4-5-13(19)10-17/h2-3,6-7,9,13,19H,4-5,8,10-11H2,1H3. The fraction of sp³-hybridized carbons (Fsp3) is 0.438. The molecule has 4 heteroatoms. The van der Waals surface area contributed by atoms with Gasteiger partial charge in [0.15, 0.2) is 0 Å². The lowest BCUT2D eigenvalue weighted by Gasteiger charge is -2.30. The third kappa shape index (κ3) is 2.43. The highest BCUT2D eigenvalue weighted by atomic mass is 16.3. The van der Waals surface area contributed by atoms with Crippen molar-refractivity contribution in [2.75, 3.05) is 13.1 Å². The van der Waals surface area contributed by atoms with Crippen molar-refractivity contribution < 1.29 is 9.90 Å². The number of benzene rings is 1. The number of para-hydroxylation sites is 1. The van der Waals surface area contributed by atoms with Gasteiger partial charge in [-0.25, -0.2) is 0 Å². The van der Waals surface area contributed by atoms with E-state index in [2.05, 4.69) is 13.0 Å². The van der Waals surface area contributed by atoms with Crippen molar-refractivity contribution in [2.24, 2.45) is 0 Å². The molecule has 2 heterocycles. The maximum Gasteiger partial charge on any atom is 0.242 e. The minimum atomic E-state index is -0.365. The first-order valence-electron chi connectivity index (χ1n) is 7.15. The number of aromatic nitrogens is 1. The van der Waals surface area contributed by atoms with Crippen LogP contribution in [0.4, 0.5) is 0 Å². The highest BCUT2D eigenvalue weighted by molar-refractivity contribution is 5.86. The Morgan fingerprint density at radius 2 is 2.20 bits per heavy atom. The average molecular weight is 272 g/mol. The topological polar surface area (TPSA) is 45.5 Å². The van der Waals surface area contributed by atoms with Crippen LogP contribution in [0.3, 0.4) is 0 Å². The monoisotopic (exact) mass is 272 g/mol. The number of likely N-dealkylation sites (tertiary alicyclic amines) is 1. The normalized spacial score (nSPS) is 19.5. The zero-order chi connectivity index (χ0) is 14.1. The molecule has 1 atom stereocenters. The van der Waals surface area contributed by atoms with Crippen LogP contribution in [0.25, 0.3) is 10.9 Å². The largest absolute Gasteiger partial charge is 0.391 e. The van der Waals surface area contributed by atoms with Crippen LogP contribution in [-0.4, -0.2) is 39.7 Å². The summed E-state index contributed by atoms with van der Waals surface area (Å²) in [6.07, 6.45) is 3.35. The highest BCUT2D eigenvalue weighted by Gasteiger charge is 2.22. The molecule has 1 aliphatic rings. The minimum Gasteiger partial charge on any atom is -0.391 e. The summed E-state index contributed by atoms with van der Waals surface area (Å²) in [5.41, 5.74) is 2.28. The van der Waals surface area contributed by atoms with Crippen molar-refractivity contribution in [3.05, 3.63) is 36.0 Å². The Morgan fingerprint density at radius 3 is 3.00 bits per heavy atom. The van der Waals surface area contributed by atoms with Gasteiger partial charge in [-0.05, 0) is 31.4 Å². The molecule has 20 heavy (non-hydrogen) atoms. The van der Waals surface area contributed by atoms with Gasteiger partial charge in [0.1, 0.15) is 6.54 Å². The number of aryl methyl sites for hydroxylation is 1. The number of fused-ring (bicyclic) bond motifs is 1. The van der Waals surface area contributed by atoms with E-state index in [4.69, 9.17) is 0 Å². The molecule has 0 saturated carbocycles. The fourth-order valence-electron chi connectivity index (χ4n) is 2.99. The van der Waals surface area contributed by atoms with Crippen molar-refractivity contribution >= 4 is 16.8 Å². The number of carbonyl (C=O) groups excluding carboxylic acids is 1. The van der Waals surface area contributed by atoms with Gasteiger partial charge in [0, 0.05) is 30.2 Å². The second-order valence-corrected chi connectivity index (χ2v) is 5.59. The molecule has 1 aromatic heterocycles. The van der Waals surface area contributed by atoms with Crippen molar-refractivity contribution in [2.45, 2.75) is 32.4 Å². The number of aliphatic hydroxyl groups excluding tert-OH is 1. The van der Waals surface area contributed by atoms with Gasteiger partial charge in [-0.2, -0.15) is 0 Å². The summed E-state index contributed by atoms with van der Waals surface area (Å²) in [6.45, 7) is 3.64. The molecule has 1 aliphatic heterocycles. The number of amides is 1. The van der Waals surface area contributed by atoms with E-state index in [0.717, 1.165) is 24.9 Å². The number of β-amino-alcohol motifs (C(OH)–C–C–N with tert-alkyl or cyclic N) is 1. The first-order chi connectivity index (χ1) is 9.65. The van der Waals surface area contributed by atoms with Crippen LogP contribution in [0.5, 0.6) is 0 Å². The fourth-order valence-corrected chi connectivity index (χ4v) is 2.99. The lowest BCUT2D eigenvalue weighted by Crippen LogP contribution is -2.43.